The zero-order valence-corrected chi connectivity index (χ0v) is 13.9. The lowest BCUT2D eigenvalue weighted by molar-refractivity contribution is -0.121. The van der Waals surface area contributed by atoms with E-state index in [9.17, 15) is 4.79 Å². The Morgan fingerprint density at radius 1 is 1.27 bits per heavy atom. The van der Waals surface area contributed by atoms with Gasteiger partial charge in [0.2, 0.25) is 5.91 Å². The van der Waals surface area contributed by atoms with Crippen molar-refractivity contribution in [2.75, 3.05) is 0 Å². The van der Waals surface area contributed by atoms with Crippen molar-refractivity contribution in [3.05, 3.63) is 69.7 Å². The molecular formula is C18H17BrN2O. The normalized spacial score (nSPS) is 11.5. The Bertz CT molecular complexity index is 689. The molecule has 3 nitrogen and oxygen atoms in total. The molecule has 0 aromatic heterocycles. The van der Waals surface area contributed by atoms with E-state index in [0.29, 0.717) is 18.4 Å². The quantitative estimate of drug-likeness (QED) is 0.875. The van der Waals surface area contributed by atoms with Crippen molar-refractivity contribution < 1.29 is 4.79 Å². The molecule has 22 heavy (non-hydrogen) atoms. The van der Waals surface area contributed by atoms with Crippen molar-refractivity contribution in [1.29, 1.82) is 5.26 Å². The average Bonchev–Trinajstić information content (AvgIpc) is 2.53. The Hall–Kier alpha value is -2.12. The van der Waals surface area contributed by atoms with Gasteiger partial charge in [-0.25, -0.2) is 0 Å². The molecule has 0 radical (unpaired) electrons. The number of hydrogen-bond acceptors (Lipinski definition) is 2. The molecule has 0 saturated carbocycles. The maximum atomic E-state index is 12.0. The fourth-order valence-corrected chi connectivity index (χ4v) is 2.59. The lowest BCUT2D eigenvalue weighted by atomic mass is 10.1. The maximum Gasteiger partial charge on any atom is 0.220 e. The molecule has 0 aliphatic carbocycles. The lowest BCUT2D eigenvalue weighted by Crippen LogP contribution is -2.26. The SMILES string of the molecule is CC(NC(=O)CCc1ccc(C#N)cc1)c1cccc(Br)c1. The van der Waals surface area contributed by atoms with Crippen LogP contribution in [0.2, 0.25) is 0 Å². The highest BCUT2D eigenvalue weighted by atomic mass is 79.9. The second-order valence-electron chi connectivity index (χ2n) is 5.15. The van der Waals surface area contributed by atoms with E-state index in [1.165, 1.54) is 0 Å². The van der Waals surface area contributed by atoms with Crippen molar-refractivity contribution >= 4 is 21.8 Å². The van der Waals surface area contributed by atoms with E-state index in [4.69, 9.17) is 5.26 Å². The van der Waals surface area contributed by atoms with Gasteiger partial charge in [-0.3, -0.25) is 4.79 Å². The molecule has 2 rings (SSSR count). The van der Waals surface area contributed by atoms with Crippen molar-refractivity contribution in [3.8, 4) is 6.07 Å². The summed E-state index contributed by atoms with van der Waals surface area (Å²) in [6.07, 6.45) is 1.10. The second-order valence-corrected chi connectivity index (χ2v) is 6.07. The second kappa shape index (κ2) is 7.77. The first-order chi connectivity index (χ1) is 10.6. The molecule has 0 bridgehead atoms. The minimum Gasteiger partial charge on any atom is -0.350 e. The van der Waals surface area contributed by atoms with E-state index in [-0.39, 0.29) is 11.9 Å². The van der Waals surface area contributed by atoms with Gasteiger partial charge < -0.3 is 5.32 Å². The van der Waals surface area contributed by atoms with Gasteiger partial charge >= 0.3 is 0 Å². The summed E-state index contributed by atoms with van der Waals surface area (Å²) < 4.78 is 1.00. The third kappa shape index (κ3) is 4.71. The van der Waals surface area contributed by atoms with Crippen LogP contribution in [0.25, 0.3) is 0 Å². The van der Waals surface area contributed by atoms with Crippen LogP contribution in [0.4, 0.5) is 0 Å². The number of carbonyl (C=O) groups is 1. The molecule has 0 aliphatic heterocycles. The van der Waals surface area contributed by atoms with Gasteiger partial charge in [-0.15, -0.1) is 0 Å². The Kier molecular flexibility index (Phi) is 5.74. The minimum absolute atomic E-state index is 0.0223. The van der Waals surface area contributed by atoms with E-state index in [0.717, 1.165) is 15.6 Å². The fourth-order valence-electron chi connectivity index (χ4n) is 2.18. The molecule has 1 unspecified atom stereocenters. The molecule has 1 amide bonds. The molecule has 2 aromatic carbocycles. The molecule has 0 spiro atoms. The van der Waals surface area contributed by atoms with Crippen LogP contribution in [0.1, 0.15) is 36.1 Å². The van der Waals surface area contributed by atoms with Crippen molar-refractivity contribution in [2.45, 2.75) is 25.8 Å². The van der Waals surface area contributed by atoms with Gasteiger partial charge in [0.15, 0.2) is 0 Å². The summed E-state index contributed by atoms with van der Waals surface area (Å²) in [5.74, 6) is 0.0248. The Balaban J connectivity index is 1.86. The van der Waals surface area contributed by atoms with Crippen LogP contribution >= 0.6 is 15.9 Å². The minimum atomic E-state index is -0.0223. The molecule has 1 atom stereocenters. The van der Waals surface area contributed by atoms with Crippen LogP contribution in [0.5, 0.6) is 0 Å². The molecule has 1 N–H and O–H groups in total. The zero-order valence-electron chi connectivity index (χ0n) is 12.3. The number of benzene rings is 2. The number of rotatable bonds is 5. The Morgan fingerprint density at radius 3 is 2.64 bits per heavy atom. The highest BCUT2D eigenvalue weighted by molar-refractivity contribution is 9.10. The molecule has 0 saturated heterocycles. The molecule has 112 valence electrons. The van der Waals surface area contributed by atoms with Gasteiger partial charge in [-0.2, -0.15) is 5.26 Å². The van der Waals surface area contributed by atoms with Crippen LogP contribution in [-0.2, 0) is 11.2 Å². The van der Waals surface area contributed by atoms with Crippen molar-refractivity contribution in [1.82, 2.24) is 5.32 Å². The number of hydrogen-bond donors (Lipinski definition) is 1. The first-order valence-corrected chi connectivity index (χ1v) is 7.91. The summed E-state index contributed by atoms with van der Waals surface area (Å²) in [4.78, 5) is 12.0. The highest BCUT2D eigenvalue weighted by Gasteiger charge is 2.09. The lowest BCUT2D eigenvalue weighted by Gasteiger charge is -2.14. The summed E-state index contributed by atoms with van der Waals surface area (Å²) in [7, 11) is 0. The predicted molar refractivity (Wildman–Crippen MR) is 90.2 cm³/mol. The number of halogens is 1. The van der Waals surface area contributed by atoms with Crippen molar-refractivity contribution in [3.63, 3.8) is 0 Å². The Morgan fingerprint density at radius 2 is 2.00 bits per heavy atom. The number of nitrogens with zero attached hydrogens (tertiary/aromatic N) is 1. The maximum absolute atomic E-state index is 12.0. The van der Waals surface area contributed by atoms with E-state index in [1.54, 1.807) is 12.1 Å². The molecule has 0 heterocycles. The van der Waals surface area contributed by atoms with Gasteiger partial charge in [0.1, 0.15) is 0 Å². The zero-order chi connectivity index (χ0) is 15.9. The fraction of sp³-hybridized carbons (Fsp3) is 0.222. The molecule has 0 fully saturated rings. The number of aryl methyl sites for hydroxylation is 1. The predicted octanol–water partition coefficient (Wildman–Crippen LogP) is 4.13. The molecule has 4 heteroatoms. The summed E-state index contributed by atoms with van der Waals surface area (Å²) in [5.41, 5.74) is 2.77. The Labute approximate surface area is 139 Å². The molecule has 2 aromatic rings. The largest absolute Gasteiger partial charge is 0.350 e. The van der Waals surface area contributed by atoms with Gasteiger partial charge in [0.25, 0.3) is 0 Å². The summed E-state index contributed by atoms with van der Waals surface area (Å²) >= 11 is 3.43. The summed E-state index contributed by atoms with van der Waals surface area (Å²) in [6, 6.07) is 17.3. The van der Waals surface area contributed by atoms with Crippen LogP contribution < -0.4 is 5.32 Å². The van der Waals surface area contributed by atoms with E-state index in [1.807, 2.05) is 43.3 Å². The van der Waals surface area contributed by atoms with E-state index >= 15 is 0 Å². The van der Waals surface area contributed by atoms with Crippen LogP contribution in [-0.4, -0.2) is 5.91 Å². The monoisotopic (exact) mass is 356 g/mol. The number of nitriles is 1. The van der Waals surface area contributed by atoms with Crippen LogP contribution in [0.15, 0.2) is 53.0 Å². The first kappa shape index (κ1) is 16.3. The molecule has 0 aliphatic rings. The van der Waals surface area contributed by atoms with Crippen LogP contribution in [0, 0.1) is 11.3 Å². The van der Waals surface area contributed by atoms with Crippen molar-refractivity contribution in [2.24, 2.45) is 0 Å². The smallest absolute Gasteiger partial charge is 0.220 e. The summed E-state index contributed by atoms with van der Waals surface area (Å²) in [5, 5.41) is 11.8. The number of amides is 1. The van der Waals surface area contributed by atoms with Gasteiger partial charge in [-0.1, -0.05) is 40.2 Å². The van der Waals surface area contributed by atoms with E-state index < -0.39 is 0 Å². The van der Waals surface area contributed by atoms with Crippen LogP contribution in [0.3, 0.4) is 0 Å². The molecular weight excluding hydrogens is 340 g/mol. The van der Waals surface area contributed by atoms with Gasteiger partial charge in [-0.05, 0) is 48.7 Å². The van der Waals surface area contributed by atoms with Gasteiger partial charge in [0.05, 0.1) is 17.7 Å². The first-order valence-electron chi connectivity index (χ1n) is 7.12. The standard InChI is InChI=1S/C18H17BrN2O/c1-13(16-3-2-4-17(19)11-16)21-18(22)10-9-14-5-7-15(12-20)8-6-14/h2-8,11,13H,9-10H2,1H3,(H,21,22). The topological polar surface area (TPSA) is 52.9 Å². The third-order valence-electron chi connectivity index (χ3n) is 3.45. The third-order valence-corrected chi connectivity index (χ3v) is 3.94. The van der Waals surface area contributed by atoms with E-state index in [2.05, 4.69) is 27.3 Å². The highest BCUT2D eigenvalue weighted by Crippen LogP contribution is 2.18. The number of carbonyl (C=O) groups excluding carboxylic acids is 1. The average molecular weight is 357 g/mol. The number of nitrogens with one attached hydrogen (secondary N) is 1. The van der Waals surface area contributed by atoms with Gasteiger partial charge in [0, 0.05) is 10.9 Å². The summed E-state index contributed by atoms with van der Waals surface area (Å²) in [6.45, 7) is 1.97.